The first-order valence-corrected chi connectivity index (χ1v) is 8.06. The highest BCUT2D eigenvalue weighted by molar-refractivity contribution is 7.89. The predicted molar refractivity (Wildman–Crippen MR) is 76.9 cm³/mol. The highest BCUT2D eigenvalue weighted by atomic mass is 32.2. The van der Waals surface area contributed by atoms with Gasteiger partial charge in [-0.25, -0.2) is 18.1 Å². The Hall–Kier alpha value is -1.44. The molecule has 102 valence electrons. The van der Waals surface area contributed by atoms with Crippen molar-refractivity contribution in [1.82, 2.24) is 9.71 Å². The number of nitrogens with one attached hydrogen (secondary N) is 2. The third-order valence-electron chi connectivity index (χ3n) is 2.59. The van der Waals surface area contributed by atoms with Crippen LogP contribution in [-0.2, 0) is 16.6 Å². The van der Waals surface area contributed by atoms with Crippen LogP contribution in [-0.4, -0.2) is 20.4 Å². The van der Waals surface area contributed by atoms with Crippen molar-refractivity contribution in [3.63, 3.8) is 0 Å². The Balaban J connectivity index is 2.12. The molecule has 5 nitrogen and oxygen atoms in total. The second kappa shape index (κ2) is 5.68. The first-order valence-electron chi connectivity index (χ1n) is 5.70. The minimum Gasteiger partial charge on any atom is -0.365 e. The molecular formula is C12H15N3O2S2. The van der Waals surface area contributed by atoms with Crippen LogP contribution in [0.5, 0.6) is 0 Å². The van der Waals surface area contributed by atoms with E-state index in [1.807, 2.05) is 11.4 Å². The fourth-order valence-corrected chi connectivity index (χ4v) is 3.52. The summed E-state index contributed by atoms with van der Waals surface area (Å²) in [4.78, 5) is 4.53. The van der Waals surface area contributed by atoms with Gasteiger partial charge in [0.2, 0.25) is 10.0 Å². The maximum Gasteiger partial charge on any atom is 0.241 e. The molecular weight excluding hydrogens is 282 g/mol. The molecule has 1 heterocycles. The van der Waals surface area contributed by atoms with Crippen molar-refractivity contribution in [3.05, 3.63) is 40.9 Å². The lowest BCUT2D eigenvalue weighted by Gasteiger charge is -2.07. The topological polar surface area (TPSA) is 71.1 Å². The smallest absolute Gasteiger partial charge is 0.241 e. The fourth-order valence-electron chi connectivity index (χ4n) is 1.61. The molecule has 7 heteroatoms. The highest BCUT2D eigenvalue weighted by Gasteiger charge is 2.16. The van der Waals surface area contributed by atoms with E-state index in [1.54, 1.807) is 32.2 Å². The molecule has 0 saturated carbocycles. The first-order chi connectivity index (χ1) is 9.03. The molecule has 19 heavy (non-hydrogen) atoms. The zero-order chi connectivity index (χ0) is 13.9. The van der Waals surface area contributed by atoms with Crippen molar-refractivity contribution < 1.29 is 8.42 Å². The molecule has 2 N–H and O–H groups in total. The lowest BCUT2D eigenvalue weighted by Crippen LogP contribution is -2.24. The summed E-state index contributed by atoms with van der Waals surface area (Å²) >= 11 is 1.44. The van der Waals surface area contributed by atoms with Gasteiger partial charge < -0.3 is 5.32 Å². The molecule has 0 radical (unpaired) electrons. The molecule has 0 fully saturated rings. The van der Waals surface area contributed by atoms with Gasteiger partial charge >= 0.3 is 0 Å². The van der Waals surface area contributed by atoms with Gasteiger partial charge in [-0.2, -0.15) is 0 Å². The van der Waals surface area contributed by atoms with E-state index in [2.05, 4.69) is 15.0 Å². The quantitative estimate of drug-likeness (QED) is 0.885. The van der Waals surface area contributed by atoms with Gasteiger partial charge in [0.05, 0.1) is 17.1 Å². The van der Waals surface area contributed by atoms with Crippen LogP contribution in [0.2, 0.25) is 0 Å². The van der Waals surface area contributed by atoms with Gasteiger partial charge in [0.1, 0.15) is 0 Å². The van der Waals surface area contributed by atoms with Crippen LogP contribution in [0.3, 0.4) is 0 Å². The van der Waals surface area contributed by atoms with E-state index < -0.39 is 10.0 Å². The number of aromatic nitrogens is 1. The summed E-state index contributed by atoms with van der Waals surface area (Å²) < 4.78 is 26.9. The van der Waals surface area contributed by atoms with Crippen molar-refractivity contribution in [1.29, 1.82) is 0 Å². The Morgan fingerprint density at radius 3 is 2.68 bits per heavy atom. The molecule has 0 amide bonds. The lowest BCUT2D eigenvalue weighted by molar-refractivity contribution is 0.580. The zero-order valence-corrected chi connectivity index (χ0v) is 12.3. The maximum absolute atomic E-state index is 12.2. The molecule has 0 atom stereocenters. The second-order valence-corrected chi connectivity index (χ2v) is 6.58. The van der Waals surface area contributed by atoms with Gasteiger partial charge in [-0.05, 0) is 18.6 Å². The summed E-state index contributed by atoms with van der Waals surface area (Å²) in [5.74, 6) is 0. The summed E-state index contributed by atoms with van der Waals surface area (Å²) in [7, 11) is -1.71. The minimum absolute atomic E-state index is 0.189. The number of rotatable bonds is 5. The first kappa shape index (κ1) is 14.0. The number of anilines is 1. The summed E-state index contributed by atoms with van der Waals surface area (Å²) in [5, 5.41) is 5.51. The number of thiazole rings is 1. The van der Waals surface area contributed by atoms with Gasteiger partial charge in [0.15, 0.2) is 5.13 Å². The van der Waals surface area contributed by atoms with Crippen LogP contribution < -0.4 is 10.0 Å². The van der Waals surface area contributed by atoms with Crippen LogP contribution in [0, 0.1) is 6.92 Å². The number of benzene rings is 1. The Bertz CT molecular complexity index is 665. The average molecular weight is 297 g/mol. The molecule has 0 unspecified atom stereocenters. The molecule has 0 aliphatic carbocycles. The number of hydrogen-bond acceptors (Lipinski definition) is 5. The van der Waals surface area contributed by atoms with Crippen molar-refractivity contribution in [2.24, 2.45) is 0 Å². The van der Waals surface area contributed by atoms with E-state index in [4.69, 9.17) is 0 Å². The van der Waals surface area contributed by atoms with E-state index in [0.29, 0.717) is 10.6 Å². The number of sulfonamides is 1. The Labute approximate surface area is 116 Å². The summed E-state index contributed by atoms with van der Waals surface area (Å²) in [6, 6.07) is 6.89. The molecule has 0 aliphatic heterocycles. The van der Waals surface area contributed by atoms with Gasteiger partial charge in [-0.3, -0.25) is 0 Å². The standard InChI is InChI=1S/C12H15N3O2S2/c1-9-5-3-4-6-11(9)19(16,17)14-7-10-8-18-12(13-2)15-10/h3-6,8,14H,7H2,1-2H3,(H,13,15). The Morgan fingerprint density at radius 2 is 2.05 bits per heavy atom. The number of nitrogens with zero attached hydrogens (tertiary/aromatic N) is 1. The van der Waals surface area contributed by atoms with Crippen LogP contribution in [0.4, 0.5) is 5.13 Å². The largest absolute Gasteiger partial charge is 0.365 e. The lowest BCUT2D eigenvalue weighted by atomic mass is 10.2. The minimum atomic E-state index is -3.49. The third kappa shape index (κ3) is 3.31. The predicted octanol–water partition coefficient (Wildman–Crippen LogP) is 1.97. The molecule has 2 rings (SSSR count). The maximum atomic E-state index is 12.2. The Kier molecular flexibility index (Phi) is 4.18. The number of hydrogen-bond donors (Lipinski definition) is 2. The van der Waals surface area contributed by atoms with E-state index >= 15 is 0 Å². The third-order valence-corrected chi connectivity index (χ3v) is 5.06. The van der Waals surface area contributed by atoms with Crippen LogP contribution in [0.1, 0.15) is 11.3 Å². The SMILES string of the molecule is CNc1nc(CNS(=O)(=O)c2ccccc2C)cs1. The van der Waals surface area contributed by atoms with E-state index in [1.165, 1.54) is 11.3 Å². The normalized spacial score (nSPS) is 11.5. The van der Waals surface area contributed by atoms with Crippen molar-refractivity contribution in [2.75, 3.05) is 12.4 Å². The van der Waals surface area contributed by atoms with Gasteiger partial charge in [0, 0.05) is 12.4 Å². The van der Waals surface area contributed by atoms with Gasteiger partial charge in [-0.1, -0.05) is 18.2 Å². The molecule has 0 bridgehead atoms. The van der Waals surface area contributed by atoms with Crippen molar-refractivity contribution >= 4 is 26.5 Å². The number of aryl methyl sites for hydroxylation is 1. The molecule has 1 aromatic carbocycles. The van der Waals surface area contributed by atoms with E-state index in [9.17, 15) is 8.42 Å². The second-order valence-electron chi connectivity index (χ2n) is 3.98. The fraction of sp³-hybridized carbons (Fsp3) is 0.250. The monoisotopic (exact) mass is 297 g/mol. The molecule has 0 aliphatic rings. The van der Waals surface area contributed by atoms with Crippen LogP contribution >= 0.6 is 11.3 Å². The molecule has 0 saturated heterocycles. The molecule has 1 aromatic heterocycles. The van der Waals surface area contributed by atoms with Crippen molar-refractivity contribution in [2.45, 2.75) is 18.4 Å². The van der Waals surface area contributed by atoms with Crippen molar-refractivity contribution in [3.8, 4) is 0 Å². The summed E-state index contributed by atoms with van der Waals surface area (Å²) in [6.45, 7) is 1.96. The van der Waals surface area contributed by atoms with Gasteiger partial charge in [-0.15, -0.1) is 11.3 Å². The highest BCUT2D eigenvalue weighted by Crippen LogP contribution is 2.16. The Morgan fingerprint density at radius 1 is 1.32 bits per heavy atom. The van der Waals surface area contributed by atoms with Crippen LogP contribution in [0.15, 0.2) is 34.5 Å². The van der Waals surface area contributed by atoms with Gasteiger partial charge in [0.25, 0.3) is 0 Å². The molecule has 2 aromatic rings. The zero-order valence-electron chi connectivity index (χ0n) is 10.7. The van der Waals surface area contributed by atoms with E-state index in [0.717, 1.165) is 10.7 Å². The average Bonchev–Trinajstić information content (AvgIpc) is 2.85. The molecule has 0 spiro atoms. The summed E-state index contributed by atoms with van der Waals surface area (Å²) in [5.41, 5.74) is 1.43. The van der Waals surface area contributed by atoms with E-state index in [-0.39, 0.29) is 6.54 Å². The summed E-state index contributed by atoms with van der Waals surface area (Å²) in [6.07, 6.45) is 0. The van der Waals surface area contributed by atoms with Crippen LogP contribution in [0.25, 0.3) is 0 Å².